The summed E-state index contributed by atoms with van der Waals surface area (Å²) in [7, 11) is 0. The lowest BCUT2D eigenvalue weighted by Crippen LogP contribution is -2.37. The average Bonchev–Trinajstić information content (AvgIpc) is 2.52. The molecule has 0 N–H and O–H groups in total. The summed E-state index contributed by atoms with van der Waals surface area (Å²) < 4.78 is 5.39. The Morgan fingerprint density at radius 1 is 0.955 bits per heavy atom. The molecule has 0 spiro atoms. The lowest BCUT2D eigenvalue weighted by molar-refractivity contribution is -0.151. The van der Waals surface area contributed by atoms with Gasteiger partial charge in [0.1, 0.15) is 0 Å². The molecule has 0 radical (unpaired) electrons. The lowest BCUT2D eigenvalue weighted by atomic mass is 10.1. The van der Waals surface area contributed by atoms with Gasteiger partial charge in [0, 0.05) is 19.2 Å². The Kier molecular flexibility index (Phi) is 14.5. The van der Waals surface area contributed by atoms with Gasteiger partial charge >= 0.3 is 5.97 Å². The fourth-order valence-electron chi connectivity index (χ4n) is 2.60. The monoisotopic (exact) mass is 311 g/mol. The molecule has 22 heavy (non-hydrogen) atoms. The molecule has 130 valence electrons. The quantitative estimate of drug-likeness (QED) is 0.178. The predicted octanol–water partition coefficient (Wildman–Crippen LogP) is 5.30. The average molecular weight is 312 g/mol. The number of hydrogen-bond donors (Lipinski definition) is 0. The summed E-state index contributed by atoms with van der Waals surface area (Å²) in [5.74, 6) is -0.325. The smallest absolute Gasteiger partial charge is 0.331 e. The molecule has 1 unspecified atom stereocenters. The second-order valence-corrected chi connectivity index (χ2v) is 6.10. The van der Waals surface area contributed by atoms with Crippen LogP contribution >= 0.6 is 0 Å². The van der Waals surface area contributed by atoms with Crippen LogP contribution in [-0.4, -0.2) is 30.2 Å². The van der Waals surface area contributed by atoms with E-state index in [1.54, 1.807) is 0 Å². The first-order chi connectivity index (χ1) is 10.7. The molecular formula is C19H37NO2. The van der Waals surface area contributed by atoms with Crippen LogP contribution < -0.4 is 0 Å². The Hall–Kier alpha value is -0.830. The third-order valence-corrected chi connectivity index (χ3v) is 4.07. The van der Waals surface area contributed by atoms with Gasteiger partial charge in [0.2, 0.25) is 0 Å². The zero-order valence-corrected chi connectivity index (χ0v) is 15.1. The van der Waals surface area contributed by atoms with Crippen LogP contribution in [0.3, 0.4) is 0 Å². The molecule has 0 rings (SSSR count). The van der Waals surface area contributed by atoms with Crippen molar-refractivity contribution in [1.29, 1.82) is 0 Å². The predicted molar refractivity (Wildman–Crippen MR) is 94.8 cm³/mol. The van der Waals surface area contributed by atoms with E-state index in [1.165, 1.54) is 70.3 Å². The highest BCUT2D eigenvalue weighted by atomic mass is 16.6. The second-order valence-electron chi connectivity index (χ2n) is 6.10. The van der Waals surface area contributed by atoms with E-state index in [-0.39, 0.29) is 12.2 Å². The van der Waals surface area contributed by atoms with Crippen LogP contribution in [0.2, 0.25) is 0 Å². The first-order valence-corrected chi connectivity index (χ1v) is 9.22. The summed E-state index contributed by atoms with van der Waals surface area (Å²) in [6.07, 6.45) is 13.8. The van der Waals surface area contributed by atoms with E-state index in [9.17, 15) is 4.79 Å². The number of carbonyl (C=O) groups is 1. The van der Waals surface area contributed by atoms with E-state index in [0.29, 0.717) is 0 Å². The molecule has 0 aromatic carbocycles. The van der Waals surface area contributed by atoms with Crippen molar-refractivity contribution in [2.75, 3.05) is 13.1 Å². The highest BCUT2D eigenvalue weighted by Crippen LogP contribution is 2.11. The van der Waals surface area contributed by atoms with Gasteiger partial charge in [-0.15, -0.1) is 0 Å². The van der Waals surface area contributed by atoms with Crippen molar-refractivity contribution in [2.24, 2.45) is 0 Å². The summed E-state index contributed by atoms with van der Waals surface area (Å²) in [6.45, 7) is 11.9. The molecule has 3 nitrogen and oxygen atoms in total. The molecule has 0 bridgehead atoms. The molecule has 1 atom stereocenters. The molecule has 0 aromatic heterocycles. The fourth-order valence-corrected chi connectivity index (χ4v) is 2.60. The minimum atomic E-state index is -0.325. The molecule has 0 amide bonds. The van der Waals surface area contributed by atoms with Crippen LogP contribution in [-0.2, 0) is 9.53 Å². The van der Waals surface area contributed by atoms with Gasteiger partial charge < -0.3 is 4.74 Å². The van der Waals surface area contributed by atoms with E-state index >= 15 is 0 Å². The number of hydrogen-bond acceptors (Lipinski definition) is 3. The SMILES string of the molecule is C=CC(=O)OC(C)N(CCCCCCC)CCCCCCC. The summed E-state index contributed by atoms with van der Waals surface area (Å²) in [4.78, 5) is 13.7. The van der Waals surface area contributed by atoms with Crippen molar-refractivity contribution >= 4 is 5.97 Å². The van der Waals surface area contributed by atoms with Gasteiger partial charge in [-0.05, 0) is 19.8 Å². The van der Waals surface area contributed by atoms with Crippen molar-refractivity contribution in [3.05, 3.63) is 12.7 Å². The van der Waals surface area contributed by atoms with Gasteiger partial charge in [0.05, 0.1) is 0 Å². The summed E-state index contributed by atoms with van der Waals surface area (Å²) in [5, 5.41) is 0. The number of carbonyl (C=O) groups excluding carboxylic acids is 1. The molecule has 3 heteroatoms. The normalized spacial score (nSPS) is 12.4. The van der Waals surface area contributed by atoms with E-state index < -0.39 is 0 Å². The maximum Gasteiger partial charge on any atom is 0.331 e. The first kappa shape index (κ1) is 21.2. The van der Waals surface area contributed by atoms with Gasteiger partial charge in [0.25, 0.3) is 0 Å². The molecule has 0 saturated carbocycles. The molecule has 0 heterocycles. The van der Waals surface area contributed by atoms with Crippen molar-refractivity contribution in [3.63, 3.8) is 0 Å². The Bertz CT molecular complexity index is 265. The summed E-state index contributed by atoms with van der Waals surface area (Å²) in [6, 6.07) is 0. The Labute approximate surface area is 138 Å². The minimum Gasteiger partial charge on any atom is -0.443 e. The van der Waals surface area contributed by atoms with Crippen LogP contribution in [0.5, 0.6) is 0 Å². The molecular weight excluding hydrogens is 274 g/mol. The van der Waals surface area contributed by atoms with E-state index in [4.69, 9.17) is 4.74 Å². The van der Waals surface area contributed by atoms with Crippen molar-refractivity contribution in [1.82, 2.24) is 4.90 Å². The number of esters is 1. The minimum absolute atomic E-state index is 0.150. The van der Waals surface area contributed by atoms with Crippen LogP contribution in [0.4, 0.5) is 0 Å². The highest BCUT2D eigenvalue weighted by Gasteiger charge is 2.16. The largest absolute Gasteiger partial charge is 0.443 e. The lowest BCUT2D eigenvalue weighted by Gasteiger charge is -2.28. The zero-order valence-electron chi connectivity index (χ0n) is 15.1. The van der Waals surface area contributed by atoms with Gasteiger partial charge in [-0.2, -0.15) is 0 Å². The van der Waals surface area contributed by atoms with Crippen LogP contribution in [0.15, 0.2) is 12.7 Å². The Morgan fingerprint density at radius 2 is 1.41 bits per heavy atom. The van der Waals surface area contributed by atoms with Gasteiger partial charge in [0.15, 0.2) is 6.23 Å². The third-order valence-electron chi connectivity index (χ3n) is 4.07. The van der Waals surface area contributed by atoms with Crippen LogP contribution in [0, 0.1) is 0 Å². The summed E-state index contributed by atoms with van der Waals surface area (Å²) in [5.41, 5.74) is 0. The molecule has 0 saturated heterocycles. The third kappa shape index (κ3) is 11.8. The van der Waals surface area contributed by atoms with Crippen molar-refractivity contribution < 1.29 is 9.53 Å². The maximum absolute atomic E-state index is 11.4. The first-order valence-electron chi connectivity index (χ1n) is 9.22. The van der Waals surface area contributed by atoms with Gasteiger partial charge in [-0.25, -0.2) is 4.79 Å². The fraction of sp³-hybridized carbons (Fsp3) is 0.842. The van der Waals surface area contributed by atoms with E-state index in [0.717, 1.165) is 13.1 Å². The van der Waals surface area contributed by atoms with E-state index in [1.807, 2.05) is 6.92 Å². The van der Waals surface area contributed by atoms with Crippen molar-refractivity contribution in [2.45, 2.75) is 91.2 Å². The van der Waals surface area contributed by atoms with Crippen LogP contribution in [0.25, 0.3) is 0 Å². The molecule has 0 fully saturated rings. The Balaban J connectivity index is 4.11. The standard InChI is InChI=1S/C19H37NO2/c1-5-8-10-12-14-16-20(17-15-13-11-9-6-2)18(4)22-19(21)7-3/h7,18H,3,5-6,8-17H2,1-2,4H3. The van der Waals surface area contributed by atoms with Crippen molar-refractivity contribution in [3.8, 4) is 0 Å². The molecule has 0 aliphatic carbocycles. The Morgan fingerprint density at radius 3 is 1.82 bits per heavy atom. The molecule has 0 aliphatic rings. The number of rotatable bonds is 15. The zero-order chi connectivity index (χ0) is 16.6. The molecule has 0 aliphatic heterocycles. The number of unbranched alkanes of at least 4 members (excludes halogenated alkanes) is 8. The highest BCUT2D eigenvalue weighted by molar-refractivity contribution is 5.81. The number of nitrogens with zero attached hydrogens (tertiary/aromatic N) is 1. The topological polar surface area (TPSA) is 29.5 Å². The van der Waals surface area contributed by atoms with Crippen LogP contribution in [0.1, 0.15) is 85.0 Å². The number of ether oxygens (including phenoxy) is 1. The van der Waals surface area contributed by atoms with Gasteiger partial charge in [-0.1, -0.05) is 71.8 Å². The van der Waals surface area contributed by atoms with Gasteiger partial charge in [-0.3, -0.25) is 4.90 Å². The summed E-state index contributed by atoms with van der Waals surface area (Å²) >= 11 is 0. The maximum atomic E-state index is 11.4. The van der Waals surface area contributed by atoms with E-state index in [2.05, 4.69) is 25.3 Å². The molecule has 0 aromatic rings. The second kappa shape index (κ2) is 15.1.